The third kappa shape index (κ3) is 3.55. The largest absolute Gasteiger partial charge is 0.464 e. The standard InChI is InChI=1S/C20H22N2O3S/c1-4-16(20(24)25-10-13(2)3)22-12-21-18-17(19(22)23)15(11-26-18)14-8-6-5-7-9-14/h5-9,11-13,16H,4,10H2,1-3H3. The number of esters is 1. The number of nitrogens with zero attached hydrogens (tertiary/aromatic N) is 2. The molecule has 136 valence electrons. The van der Waals surface area contributed by atoms with Gasteiger partial charge in [-0.05, 0) is 17.9 Å². The van der Waals surface area contributed by atoms with E-state index in [0.717, 1.165) is 11.1 Å². The van der Waals surface area contributed by atoms with E-state index in [2.05, 4.69) is 4.98 Å². The van der Waals surface area contributed by atoms with Crippen LogP contribution in [0.25, 0.3) is 21.3 Å². The molecule has 1 unspecified atom stereocenters. The first-order chi connectivity index (χ1) is 12.5. The molecule has 1 atom stereocenters. The Morgan fingerprint density at radius 1 is 1.27 bits per heavy atom. The third-order valence-electron chi connectivity index (χ3n) is 4.16. The molecule has 0 aliphatic carbocycles. The highest BCUT2D eigenvalue weighted by Gasteiger charge is 2.24. The molecule has 0 N–H and O–H groups in total. The highest BCUT2D eigenvalue weighted by atomic mass is 32.1. The molecule has 1 aromatic carbocycles. The lowest BCUT2D eigenvalue weighted by molar-refractivity contribution is -0.149. The van der Waals surface area contributed by atoms with E-state index in [1.807, 2.05) is 56.5 Å². The van der Waals surface area contributed by atoms with Gasteiger partial charge in [0.2, 0.25) is 0 Å². The Kier molecular flexibility index (Phi) is 5.52. The zero-order chi connectivity index (χ0) is 18.7. The molecular weight excluding hydrogens is 348 g/mol. The van der Waals surface area contributed by atoms with Gasteiger partial charge in [0.05, 0.1) is 18.3 Å². The number of carbonyl (C=O) groups excluding carboxylic acids is 1. The van der Waals surface area contributed by atoms with Gasteiger partial charge in [-0.15, -0.1) is 11.3 Å². The van der Waals surface area contributed by atoms with Crippen LogP contribution in [0.3, 0.4) is 0 Å². The summed E-state index contributed by atoms with van der Waals surface area (Å²) in [5.41, 5.74) is 1.61. The summed E-state index contributed by atoms with van der Waals surface area (Å²) in [7, 11) is 0. The highest BCUT2D eigenvalue weighted by Crippen LogP contribution is 2.30. The first-order valence-corrected chi connectivity index (χ1v) is 9.61. The fourth-order valence-corrected chi connectivity index (χ4v) is 3.73. The lowest BCUT2D eigenvalue weighted by atomic mass is 10.1. The van der Waals surface area contributed by atoms with Crippen molar-refractivity contribution in [1.29, 1.82) is 0 Å². The number of carbonyl (C=O) groups is 1. The molecule has 0 aliphatic heterocycles. The summed E-state index contributed by atoms with van der Waals surface area (Å²) in [6.45, 7) is 6.16. The molecule has 0 radical (unpaired) electrons. The van der Waals surface area contributed by atoms with Crippen molar-refractivity contribution in [3.05, 3.63) is 52.4 Å². The van der Waals surface area contributed by atoms with Crippen molar-refractivity contribution >= 4 is 27.5 Å². The van der Waals surface area contributed by atoms with E-state index in [4.69, 9.17) is 4.74 Å². The molecular formula is C20H22N2O3S. The number of ether oxygens (including phenoxy) is 1. The summed E-state index contributed by atoms with van der Waals surface area (Å²) < 4.78 is 6.76. The molecule has 6 heteroatoms. The van der Waals surface area contributed by atoms with Gasteiger partial charge in [-0.3, -0.25) is 9.36 Å². The number of rotatable bonds is 6. The maximum Gasteiger partial charge on any atom is 0.329 e. The molecule has 0 amide bonds. The highest BCUT2D eigenvalue weighted by molar-refractivity contribution is 7.17. The molecule has 0 saturated heterocycles. The molecule has 26 heavy (non-hydrogen) atoms. The van der Waals surface area contributed by atoms with E-state index < -0.39 is 6.04 Å². The minimum Gasteiger partial charge on any atom is -0.464 e. The number of hydrogen-bond acceptors (Lipinski definition) is 5. The predicted octanol–water partition coefficient (Wildman–Crippen LogP) is 4.28. The van der Waals surface area contributed by atoms with Crippen LogP contribution in [0, 0.1) is 5.92 Å². The minimum absolute atomic E-state index is 0.205. The van der Waals surface area contributed by atoms with Gasteiger partial charge in [-0.2, -0.15) is 0 Å². The van der Waals surface area contributed by atoms with Crippen molar-refractivity contribution in [2.24, 2.45) is 5.92 Å². The summed E-state index contributed by atoms with van der Waals surface area (Å²) in [4.78, 5) is 30.7. The zero-order valence-electron chi connectivity index (χ0n) is 15.1. The van der Waals surface area contributed by atoms with Crippen molar-refractivity contribution < 1.29 is 9.53 Å². The van der Waals surface area contributed by atoms with Crippen molar-refractivity contribution in [2.75, 3.05) is 6.61 Å². The molecule has 2 heterocycles. The Morgan fingerprint density at radius 2 is 2.00 bits per heavy atom. The predicted molar refractivity (Wildman–Crippen MR) is 104 cm³/mol. The van der Waals surface area contributed by atoms with Crippen LogP contribution in [-0.4, -0.2) is 22.1 Å². The van der Waals surface area contributed by atoms with Crippen LogP contribution < -0.4 is 5.56 Å². The van der Waals surface area contributed by atoms with Gasteiger partial charge >= 0.3 is 5.97 Å². The molecule has 0 fully saturated rings. The fourth-order valence-electron chi connectivity index (χ4n) is 2.82. The average Bonchev–Trinajstić information content (AvgIpc) is 3.08. The summed E-state index contributed by atoms with van der Waals surface area (Å²) in [6.07, 6.45) is 1.93. The first kappa shape index (κ1) is 18.3. The zero-order valence-corrected chi connectivity index (χ0v) is 16.0. The average molecular weight is 370 g/mol. The van der Waals surface area contributed by atoms with Gasteiger partial charge < -0.3 is 4.74 Å². The van der Waals surface area contributed by atoms with Crippen LogP contribution in [0.2, 0.25) is 0 Å². The summed E-state index contributed by atoms with van der Waals surface area (Å²) >= 11 is 1.43. The third-order valence-corrected chi connectivity index (χ3v) is 5.04. The first-order valence-electron chi connectivity index (χ1n) is 8.73. The molecule has 0 saturated carbocycles. The fraction of sp³-hybridized carbons (Fsp3) is 0.350. The number of benzene rings is 1. The monoisotopic (exact) mass is 370 g/mol. The van der Waals surface area contributed by atoms with Gasteiger partial charge in [0, 0.05) is 10.9 Å². The second-order valence-corrected chi connectivity index (χ2v) is 7.46. The Labute approximate surface area is 156 Å². The smallest absolute Gasteiger partial charge is 0.329 e. The van der Waals surface area contributed by atoms with Crippen molar-refractivity contribution in [3.63, 3.8) is 0 Å². The van der Waals surface area contributed by atoms with Gasteiger partial charge in [0.15, 0.2) is 0 Å². The van der Waals surface area contributed by atoms with Crippen LogP contribution >= 0.6 is 11.3 Å². The molecule has 3 rings (SSSR count). The van der Waals surface area contributed by atoms with Crippen molar-refractivity contribution in [2.45, 2.75) is 33.2 Å². The summed E-state index contributed by atoms with van der Waals surface area (Å²) in [5, 5.41) is 2.50. The SMILES string of the molecule is CCC(C(=O)OCC(C)C)n1cnc2scc(-c3ccccc3)c2c1=O. The van der Waals surface area contributed by atoms with E-state index in [1.165, 1.54) is 22.2 Å². The molecule has 0 bridgehead atoms. The van der Waals surface area contributed by atoms with E-state index in [0.29, 0.717) is 23.2 Å². The van der Waals surface area contributed by atoms with E-state index in [1.54, 1.807) is 0 Å². The quantitative estimate of drug-likeness (QED) is 0.608. The number of fused-ring (bicyclic) bond motifs is 1. The summed E-state index contributed by atoms with van der Waals surface area (Å²) in [6, 6.07) is 9.07. The van der Waals surface area contributed by atoms with Crippen LogP contribution in [0.15, 0.2) is 46.8 Å². The van der Waals surface area contributed by atoms with Gasteiger partial charge in [0.25, 0.3) is 5.56 Å². The van der Waals surface area contributed by atoms with Gasteiger partial charge in [0.1, 0.15) is 10.9 Å². The molecule has 3 aromatic rings. The topological polar surface area (TPSA) is 61.2 Å². The summed E-state index contributed by atoms with van der Waals surface area (Å²) in [5.74, 6) is -0.142. The Balaban J connectivity index is 2.06. The van der Waals surface area contributed by atoms with Crippen molar-refractivity contribution in [1.82, 2.24) is 9.55 Å². The number of aromatic nitrogens is 2. The van der Waals surface area contributed by atoms with E-state index >= 15 is 0 Å². The molecule has 2 aromatic heterocycles. The lowest BCUT2D eigenvalue weighted by Crippen LogP contribution is -2.31. The maximum absolute atomic E-state index is 13.1. The van der Waals surface area contributed by atoms with Crippen LogP contribution in [0.5, 0.6) is 0 Å². The minimum atomic E-state index is -0.665. The van der Waals surface area contributed by atoms with Crippen LogP contribution in [-0.2, 0) is 9.53 Å². The van der Waals surface area contributed by atoms with E-state index in [-0.39, 0.29) is 17.4 Å². The second-order valence-electron chi connectivity index (χ2n) is 6.60. The molecule has 0 aliphatic rings. The van der Waals surface area contributed by atoms with E-state index in [9.17, 15) is 9.59 Å². The number of thiophene rings is 1. The van der Waals surface area contributed by atoms with Crippen LogP contribution in [0.4, 0.5) is 0 Å². The maximum atomic E-state index is 13.1. The normalized spacial score (nSPS) is 12.5. The number of hydrogen-bond donors (Lipinski definition) is 0. The lowest BCUT2D eigenvalue weighted by Gasteiger charge is -2.17. The van der Waals surface area contributed by atoms with Gasteiger partial charge in [-0.1, -0.05) is 51.1 Å². The molecule has 5 nitrogen and oxygen atoms in total. The second kappa shape index (κ2) is 7.83. The van der Waals surface area contributed by atoms with Gasteiger partial charge in [-0.25, -0.2) is 9.78 Å². The molecule has 0 spiro atoms. The van der Waals surface area contributed by atoms with Crippen molar-refractivity contribution in [3.8, 4) is 11.1 Å². The Morgan fingerprint density at radius 3 is 2.65 bits per heavy atom. The Hall–Kier alpha value is -2.47. The Bertz CT molecular complexity index is 960. The van der Waals surface area contributed by atoms with Crippen LogP contribution in [0.1, 0.15) is 33.2 Å².